The summed E-state index contributed by atoms with van der Waals surface area (Å²) in [6.07, 6.45) is 2.93. The van der Waals surface area contributed by atoms with Crippen LogP contribution >= 0.6 is 22.6 Å². The summed E-state index contributed by atoms with van der Waals surface area (Å²) in [6.45, 7) is 0. The fraction of sp³-hybridized carbons (Fsp3) is 0. The zero-order chi connectivity index (χ0) is 8.43. The lowest BCUT2D eigenvalue weighted by Crippen LogP contribution is -2.14. The van der Waals surface area contributed by atoms with Gasteiger partial charge in [-0.25, -0.2) is 0 Å². The summed E-state index contributed by atoms with van der Waals surface area (Å²) < 4.78 is 0.735. The maximum atomic E-state index is 10.7. The number of halogens is 1. The number of amides is 1. The molecule has 0 fully saturated rings. The first-order chi connectivity index (χ1) is 5.13. The number of nitrogen functional groups attached to an aromatic ring is 1. The van der Waals surface area contributed by atoms with Gasteiger partial charge < -0.3 is 11.5 Å². The minimum Gasteiger partial charge on any atom is -0.397 e. The van der Waals surface area contributed by atoms with Crippen LogP contribution in [0.4, 0.5) is 5.69 Å². The molecule has 0 unspecified atom stereocenters. The van der Waals surface area contributed by atoms with E-state index in [1.165, 1.54) is 6.20 Å². The van der Waals surface area contributed by atoms with Crippen molar-refractivity contribution in [2.45, 2.75) is 0 Å². The van der Waals surface area contributed by atoms with Crippen LogP contribution in [0, 0.1) is 3.57 Å². The normalized spacial score (nSPS) is 9.55. The van der Waals surface area contributed by atoms with E-state index in [4.69, 9.17) is 11.5 Å². The van der Waals surface area contributed by atoms with Crippen LogP contribution in [0.1, 0.15) is 10.4 Å². The van der Waals surface area contributed by atoms with Gasteiger partial charge in [0.05, 0.1) is 14.8 Å². The van der Waals surface area contributed by atoms with E-state index < -0.39 is 5.91 Å². The summed E-state index contributed by atoms with van der Waals surface area (Å²) in [6, 6.07) is 0. The van der Waals surface area contributed by atoms with Gasteiger partial charge in [0.25, 0.3) is 5.91 Å². The second kappa shape index (κ2) is 3.04. The lowest BCUT2D eigenvalue weighted by Gasteiger charge is -2.00. The number of rotatable bonds is 1. The summed E-state index contributed by atoms with van der Waals surface area (Å²) >= 11 is 1.99. The van der Waals surface area contributed by atoms with Crippen molar-refractivity contribution in [3.05, 3.63) is 21.5 Å². The van der Waals surface area contributed by atoms with Crippen molar-refractivity contribution >= 4 is 34.2 Å². The monoisotopic (exact) mass is 263 g/mol. The van der Waals surface area contributed by atoms with Gasteiger partial charge in [-0.05, 0) is 22.6 Å². The van der Waals surface area contributed by atoms with E-state index in [2.05, 4.69) is 4.98 Å². The van der Waals surface area contributed by atoms with Gasteiger partial charge in [-0.1, -0.05) is 0 Å². The van der Waals surface area contributed by atoms with E-state index in [0.29, 0.717) is 5.69 Å². The number of anilines is 1. The van der Waals surface area contributed by atoms with E-state index in [-0.39, 0.29) is 5.56 Å². The van der Waals surface area contributed by atoms with Crippen molar-refractivity contribution in [1.82, 2.24) is 4.98 Å². The third-order valence-corrected chi connectivity index (χ3v) is 2.06. The average molecular weight is 263 g/mol. The summed E-state index contributed by atoms with van der Waals surface area (Å²) in [7, 11) is 0. The van der Waals surface area contributed by atoms with Crippen LogP contribution in [0.3, 0.4) is 0 Å². The van der Waals surface area contributed by atoms with Gasteiger partial charge >= 0.3 is 0 Å². The third-order valence-electron chi connectivity index (χ3n) is 1.20. The van der Waals surface area contributed by atoms with E-state index in [9.17, 15) is 4.79 Å². The molecule has 0 aliphatic heterocycles. The van der Waals surface area contributed by atoms with Crippen LogP contribution < -0.4 is 11.5 Å². The third kappa shape index (κ3) is 1.59. The van der Waals surface area contributed by atoms with Gasteiger partial charge in [-0.3, -0.25) is 9.78 Å². The minimum absolute atomic E-state index is 0.275. The molecule has 0 saturated heterocycles. The van der Waals surface area contributed by atoms with E-state index >= 15 is 0 Å². The summed E-state index contributed by atoms with van der Waals surface area (Å²) in [5, 5.41) is 0. The molecule has 5 heteroatoms. The van der Waals surface area contributed by atoms with Crippen LogP contribution in [0.2, 0.25) is 0 Å². The SMILES string of the molecule is NC(=O)c1cncc(I)c1N. The van der Waals surface area contributed by atoms with Crippen molar-refractivity contribution in [2.24, 2.45) is 5.73 Å². The Kier molecular flexibility index (Phi) is 2.28. The molecule has 4 N–H and O–H groups in total. The molecule has 0 saturated carbocycles. The Bertz CT molecular complexity index is 300. The highest BCUT2D eigenvalue weighted by molar-refractivity contribution is 14.1. The number of hydrogen-bond donors (Lipinski definition) is 2. The molecular weight excluding hydrogens is 257 g/mol. The molecule has 58 valence electrons. The summed E-state index contributed by atoms with van der Waals surface area (Å²) in [4.78, 5) is 14.5. The quantitative estimate of drug-likeness (QED) is 0.718. The van der Waals surface area contributed by atoms with Crippen molar-refractivity contribution in [1.29, 1.82) is 0 Å². The Morgan fingerprint density at radius 2 is 2.18 bits per heavy atom. The maximum Gasteiger partial charge on any atom is 0.252 e. The molecular formula is C6H6IN3O. The van der Waals surface area contributed by atoms with E-state index in [1.54, 1.807) is 6.20 Å². The van der Waals surface area contributed by atoms with Crippen LogP contribution in [-0.2, 0) is 0 Å². The number of pyridine rings is 1. The number of carbonyl (C=O) groups excluding carboxylic acids is 1. The number of nitrogens with zero attached hydrogens (tertiary/aromatic N) is 1. The molecule has 1 rings (SSSR count). The van der Waals surface area contributed by atoms with Gasteiger partial charge in [0.15, 0.2) is 0 Å². The standard InChI is InChI=1S/C6H6IN3O/c7-4-2-10-1-3(5(4)8)6(9)11/h1-2H,(H2,8,10)(H2,9,11). The zero-order valence-corrected chi connectivity index (χ0v) is 7.70. The highest BCUT2D eigenvalue weighted by Crippen LogP contribution is 2.16. The van der Waals surface area contributed by atoms with Crippen molar-refractivity contribution < 1.29 is 4.79 Å². The molecule has 1 aromatic heterocycles. The molecule has 1 aromatic rings. The highest BCUT2D eigenvalue weighted by Gasteiger charge is 2.07. The molecule has 1 amide bonds. The number of aromatic nitrogens is 1. The molecule has 1 heterocycles. The molecule has 0 radical (unpaired) electrons. The second-order valence-electron chi connectivity index (χ2n) is 1.95. The lowest BCUT2D eigenvalue weighted by molar-refractivity contribution is 0.100. The summed E-state index contributed by atoms with van der Waals surface area (Å²) in [5.74, 6) is -0.548. The predicted octanol–water partition coefficient (Wildman–Crippen LogP) is 0.367. The first kappa shape index (κ1) is 8.25. The molecule has 0 spiro atoms. The molecule has 0 aliphatic carbocycles. The van der Waals surface area contributed by atoms with Gasteiger partial charge in [-0.15, -0.1) is 0 Å². The Morgan fingerprint density at radius 3 is 2.64 bits per heavy atom. The topological polar surface area (TPSA) is 82.0 Å². The smallest absolute Gasteiger partial charge is 0.252 e. The van der Waals surface area contributed by atoms with E-state index in [0.717, 1.165) is 3.57 Å². The fourth-order valence-corrected chi connectivity index (χ4v) is 1.09. The Labute approximate surface area is 77.1 Å². The first-order valence-corrected chi connectivity index (χ1v) is 3.89. The number of nitrogens with two attached hydrogens (primary N) is 2. The van der Waals surface area contributed by atoms with Gasteiger partial charge in [-0.2, -0.15) is 0 Å². The largest absolute Gasteiger partial charge is 0.397 e. The molecule has 4 nitrogen and oxygen atoms in total. The molecule has 0 aromatic carbocycles. The number of carbonyl (C=O) groups is 1. The summed E-state index contributed by atoms with van der Waals surface area (Å²) in [5.41, 5.74) is 11.2. The van der Waals surface area contributed by atoms with Crippen molar-refractivity contribution in [2.75, 3.05) is 5.73 Å². The van der Waals surface area contributed by atoms with Gasteiger partial charge in [0, 0.05) is 12.4 Å². The van der Waals surface area contributed by atoms with Crippen LogP contribution in [0.5, 0.6) is 0 Å². The Hall–Kier alpha value is -0.850. The zero-order valence-electron chi connectivity index (χ0n) is 5.54. The number of hydrogen-bond acceptors (Lipinski definition) is 3. The van der Waals surface area contributed by atoms with Crippen LogP contribution in [0.15, 0.2) is 12.4 Å². The van der Waals surface area contributed by atoms with Crippen LogP contribution in [-0.4, -0.2) is 10.9 Å². The number of primary amides is 1. The Morgan fingerprint density at radius 1 is 1.55 bits per heavy atom. The fourth-order valence-electron chi connectivity index (χ4n) is 0.641. The van der Waals surface area contributed by atoms with Crippen molar-refractivity contribution in [3.8, 4) is 0 Å². The average Bonchev–Trinajstić information content (AvgIpc) is 1.94. The van der Waals surface area contributed by atoms with E-state index in [1.807, 2.05) is 22.6 Å². The molecule has 0 atom stereocenters. The highest BCUT2D eigenvalue weighted by atomic mass is 127. The lowest BCUT2D eigenvalue weighted by atomic mass is 10.2. The minimum atomic E-state index is -0.548. The molecule has 11 heavy (non-hydrogen) atoms. The second-order valence-corrected chi connectivity index (χ2v) is 3.11. The maximum absolute atomic E-state index is 10.7. The van der Waals surface area contributed by atoms with Gasteiger partial charge in [0.2, 0.25) is 0 Å². The molecule has 0 aliphatic rings. The van der Waals surface area contributed by atoms with Crippen molar-refractivity contribution in [3.63, 3.8) is 0 Å². The first-order valence-electron chi connectivity index (χ1n) is 2.81. The van der Waals surface area contributed by atoms with Crippen LogP contribution in [0.25, 0.3) is 0 Å². The Balaban J connectivity index is 3.27. The van der Waals surface area contributed by atoms with Gasteiger partial charge in [0.1, 0.15) is 0 Å². The molecule has 0 bridgehead atoms. The predicted molar refractivity (Wildman–Crippen MR) is 49.9 cm³/mol.